The van der Waals surface area contributed by atoms with E-state index in [0.717, 1.165) is 25.2 Å². The molecule has 1 atom stereocenters. The van der Waals surface area contributed by atoms with E-state index in [1.165, 1.54) is 17.7 Å². The molecule has 0 bridgehead atoms. The molecular weight excluding hydrogens is 200 g/mol. The fraction of sp³-hybridized carbons (Fsp3) is 0.538. The largest absolute Gasteiger partial charge is 0.399 e. The number of benzene rings is 1. The molecular formula is C13H20N2O. The average molecular weight is 220 g/mol. The summed E-state index contributed by atoms with van der Waals surface area (Å²) in [5.41, 5.74) is 9.12. The van der Waals surface area contributed by atoms with Gasteiger partial charge in [0.2, 0.25) is 0 Å². The number of nitrogen functional groups attached to an aromatic ring is 1. The number of aryl methyl sites for hydroxylation is 1. The van der Waals surface area contributed by atoms with Crippen molar-refractivity contribution in [2.24, 2.45) is 5.92 Å². The molecule has 1 unspecified atom stereocenters. The van der Waals surface area contributed by atoms with Gasteiger partial charge in [-0.2, -0.15) is 0 Å². The maximum absolute atomic E-state index is 8.93. The van der Waals surface area contributed by atoms with Gasteiger partial charge in [0.15, 0.2) is 0 Å². The van der Waals surface area contributed by atoms with Gasteiger partial charge in [0.25, 0.3) is 0 Å². The molecule has 2 rings (SSSR count). The minimum absolute atomic E-state index is 0.300. The van der Waals surface area contributed by atoms with Crippen molar-refractivity contribution in [3.8, 4) is 0 Å². The summed E-state index contributed by atoms with van der Waals surface area (Å²) in [4.78, 5) is 2.36. The van der Waals surface area contributed by atoms with Crippen LogP contribution < -0.4 is 10.6 Å². The topological polar surface area (TPSA) is 49.5 Å². The average Bonchev–Trinajstić information content (AvgIpc) is 2.65. The van der Waals surface area contributed by atoms with E-state index in [1.807, 2.05) is 12.1 Å². The molecule has 16 heavy (non-hydrogen) atoms. The Kier molecular flexibility index (Phi) is 3.34. The highest BCUT2D eigenvalue weighted by atomic mass is 16.3. The van der Waals surface area contributed by atoms with Gasteiger partial charge in [-0.3, -0.25) is 0 Å². The summed E-state index contributed by atoms with van der Waals surface area (Å²) < 4.78 is 0. The molecule has 3 nitrogen and oxygen atoms in total. The van der Waals surface area contributed by atoms with Crippen molar-refractivity contribution in [1.29, 1.82) is 0 Å². The van der Waals surface area contributed by atoms with Crippen molar-refractivity contribution in [1.82, 2.24) is 0 Å². The lowest BCUT2D eigenvalue weighted by Crippen LogP contribution is -2.20. The highest BCUT2D eigenvalue weighted by Crippen LogP contribution is 2.27. The quantitative estimate of drug-likeness (QED) is 0.763. The van der Waals surface area contributed by atoms with Crippen molar-refractivity contribution in [2.75, 3.05) is 30.3 Å². The monoisotopic (exact) mass is 220 g/mol. The Morgan fingerprint density at radius 1 is 1.44 bits per heavy atom. The molecule has 0 aromatic heterocycles. The van der Waals surface area contributed by atoms with Crippen LogP contribution >= 0.6 is 0 Å². The summed E-state index contributed by atoms with van der Waals surface area (Å²) in [6, 6.07) is 6.21. The SMILES string of the molecule is Cc1cc(N)cc(N2CCC(CCO)C2)c1. The number of aliphatic hydroxyl groups is 1. The first-order valence-corrected chi connectivity index (χ1v) is 5.92. The van der Waals surface area contributed by atoms with E-state index < -0.39 is 0 Å². The fourth-order valence-electron chi connectivity index (χ4n) is 2.46. The van der Waals surface area contributed by atoms with Crippen LogP contribution in [0.3, 0.4) is 0 Å². The summed E-state index contributed by atoms with van der Waals surface area (Å²) >= 11 is 0. The minimum Gasteiger partial charge on any atom is -0.399 e. The first-order chi connectivity index (χ1) is 7.69. The molecule has 1 heterocycles. The number of anilines is 2. The summed E-state index contributed by atoms with van der Waals surface area (Å²) in [6.45, 7) is 4.49. The lowest BCUT2D eigenvalue weighted by Gasteiger charge is -2.19. The second-order valence-electron chi connectivity index (χ2n) is 4.71. The summed E-state index contributed by atoms with van der Waals surface area (Å²) in [7, 11) is 0. The maximum atomic E-state index is 8.93. The zero-order valence-corrected chi connectivity index (χ0v) is 9.82. The van der Waals surface area contributed by atoms with Crippen LogP contribution in [0.15, 0.2) is 18.2 Å². The van der Waals surface area contributed by atoms with Crippen LogP contribution in [0.2, 0.25) is 0 Å². The summed E-state index contributed by atoms with van der Waals surface area (Å²) in [6.07, 6.45) is 2.09. The van der Waals surface area contributed by atoms with Gasteiger partial charge in [0.1, 0.15) is 0 Å². The molecule has 1 aromatic carbocycles. The smallest absolute Gasteiger partial charge is 0.0434 e. The zero-order chi connectivity index (χ0) is 11.5. The molecule has 0 aliphatic carbocycles. The predicted octanol–water partition coefficient (Wildman–Crippen LogP) is 1.79. The van der Waals surface area contributed by atoms with Gasteiger partial charge in [0, 0.05) is 31.1 Å². The molecule has 0 spiro atoms. The Hall–Kier alpha value is -1.22. The van der Waals surface area contributed by atoms with Crippen LogP contribution in [0.5, 0.6) is 0 Å². The molecule has 1 saturated heterocycles. The van der Waals surface area contributed by atoms with Gasteiger partial charge in [-0.1, -0.05) is 0 Å². The van der Waals surface area contributed by atoms with Crippen LogP contribution in [-0.4, -0.2) is 24.8 Å². The number of rotatable bonds is 3. The van der Waals surface area contributed by atoms with E-state index in [2.05, 4.69) is 17.9 Å². The third-order valence-electron chi connectivity index (χ3n) is 3.27. The van der Waals surface area contributed by atoms with Gasteiger partial charge in [0.05, 0.1) is 0 Å². The molecule has 3 heteroatoms. The van der Waals surface area contributed by atoms with E-state index in [0.29, 0.717) is 12.5 Å². The number of hydrogen-bond donors (Lipinski definition) is 2. The first kappa shape index (κ1) is 11.3. The van der Waals surface area contributed by atoms with Crippen molar-refractivity contribution in [2.45, 2.75) is 19.8 Å². The summed E-state index contributed by atoms with van der Waals surface area (Å²) in [5, 5.41) is 8.93. The van der Waals surface area contributed by atoms with Gasteiger partial charge in [-0.05, 0) is 49.4 Å². The van der Waals surface area contributed by atoms with E-state index in [1.54, 1.807) is 0 Å². The van der Waals surface area contributed by atoms with Gasteiger partial charge >= 0.3 is 0 Å². The first-order valence-electron chi connectivity index (χ1n) is 5.92. The molecule has 1 aromatic rings. The highest BCUT2D eigenvalue weighted by Gasteiger charge is 2.22. The molecule has 1 fully saturated rings. The Balaban J connectivity index is 2.08. The number of hydrogen-bond acceptors (Lipinski definition) is 3. The molecule has 88 valence electrons. The van der Waals surface area contributed by atoms with E-state index in [4.69, 9.17) is 10.8 Å². The Labute approximate surface area is 96.9 Å². The van der Waals surface area contributed by atoms with Crippen molar-refractivity contribution >= 4 is 11.4 Å². The summed E-state index contributed by atoms with van der Waals surface area (Å²) in [5.74, 6) is 0.631. The number of nitrogens with two attached hydrogens (primary N) is 1. The normalized spacial score (nSPS) is 20.4. The number of aliphatic hydroxyl groups excluding tert-OH is 1. The van der Waals surface area contributed by atoms with Gasteiger partial charge in [-0.15, -0.1) is 0 Å². The predicted molar refractivity (Wildman–Crippen MR) is 67.6 cm³/mol. The molecule has 0 radical (unpaired) electrons. The lowest BCUT2D eigenvalue weighted by atomic mass is 10.1. The Bertz CT molecular complexity index is 345. The van der Waals surface area contributed by atoms with E-state index in [9.17, 15) is 0 Å². The second kappa shape index (κ2) is 4.74. The molecule has 0 saturated carbocycles. The highest BCUT2D eigenvalue weighted by molar-refractivity contribution is 5.58. The molecule has 1 aliphatic heterocycles. The van der Waals surface area contributed by atoms with Crippen LogP contribution in [0.4, 0.5) is 11.4 Å². The standard InChI is InChI=1S/C13H20N2O/c1-10-6-12(14)8-13(7-10)15-4-2-11(9-15)3-5-16/h6-8,11,16H,2-5,9,14H2,1H3. The molecule has 3 N–H and O–H groups in total. The van der Waals surface area contributed by atoms with Gasteiger partial charge in [-0.25, -0.2) is 0 Å². The zero-order valence-electron chi connectivity index (χ0n) is 9.82. The van der Waals surface area contributed by atoms with Crippen molar-refractivity contribution in [3.63, 3.8) is 0 Å². The van der Waals surface area contributed by atoms with Crippen molar-refractivity contribution in [3.05, 3.63) is 23.8 Å². The third kappa shape index (κ3) is 2.47. The van der Waals surface area contributed by atoms with Crippen LogP contribution in [0.1, 0.15) is 18.4 Å². The fourth-order valence-corrected chi connectivity index (χ4v) is 2.46. The second-order valence-corrected chi connectivity index (χ2v) is 4.71. The molecule has 1 aliphatic rings. The van der Waals surface area contributed by atoms with E-state index in [-0.39, 0.29) is 0 Å². The van der Waals surface area contributed by atoms with E-state index >= 15 is 0 Å². The number of nitrogens with zero attached hydrogens (tertiary/aromatic N) is 1. The van der Waals surface area contributed by atoms with Gasteiger partial charge < -0.3 is 15.7 Å². The van der Waals surface area contributed by atoms with Crippen molar-refractivity contribution < 1.29 is 5.11 Å². The van der Waals surface area contributed by atoms with Crippen LogP contribution in [0.25, 0.3) is 0 Å². The molecule has 0 amide bonds. The maximum Gasteiger partial charge on any atom is 0.0434 e. The minimum atomic E-state index is 0.300. The lowest BCUT2D eigenvalue weighted by molar-refractivity contribution is 0.263. The Morgan fingerprint density at radius 2 is 2.25 bits per heavy atom. The third-order valence-corrected chi connectivity index (χ3v) is 3.27. The van der Waals surface area contributed by atoms with Crippen LogP contribution in [-0.2, 0) is 0 Å². The Morgan fingerprint density at radius 3 is 2.94 bits per heavy atom. The van der Waals surface area contributed by atoms with Crippen LogP contribution in [0, 0.1) is 12.8 Å².